The molecule has 2 N–H and O–H groups in total. The topological polar surface area (TPSA) is 67.8 Å². The highest BCUT2D eigenvalue weighted by Gasteiger charge is 2.24. The van der Waals surface area contributed by atoms with E-state index < -0.39 is 6.10 Å². The monoisotopic (exact) mass is 231 g/mol. The molecule has 0 aromatic heterocycles. The molecule has 1 rings (SSSR count). The molecule has 5 heteroatoms. The second kappa shape index (κ2) is 6.83. The fourth-order valence-corrected chi connectivity index (χ4v) is 1.68. The van der Waals surface area contributed by atoms with Crippen LogP contribution in [0.4, 0.5) is 0 Å². The summed E-state index contributed by atoms with van der Waals surface area (Å²) < 4.78 is 10.4. The number of ether oxygens (including phenoxy) is 2. The van der Waals surface area contributed by atoms with Gasteiger partial charge in [0, 0.05) is 0 Å². The van der Waals surface area contributed by atoms with Crippen molar-refractivity contribution in [1.29, 1.82) is 0 Å². The Bertz CT molecular complexity index is 214. The minimum absolute atomic E-state index is 0.0441. The van der Waals surface area contributed by atoms with E-state index in [-0.39, 0.29) is 18.6 Å². The SMILES string of the molecule is CC(C)CC(CO)NC(=O)C1COCCO1. The van der Waals surface area contributed by atoms with Crippen molar-refractivity contribution in [1.82, 2.24) is 5.32 Å². The van der Waals surface area contributed by atoms with Crippen LogP contribution in [0.3, 0.4) is 0 Å². The highest BCUT2D eigenvalue weighted by Crippen LogP contribution is 2.06. The van der Waals surface area contributed by atoms with Crippen LogP contribution in [0.2, 0.25) is 0 Å². The third-order valence-corrected chi connectivity index (χ3v) is 2.43. The second-order valence-electron chi connectivity index (χ2n) is 4.45. The smallest absolute Gasteiger partial charge is 0.251 e. The predicted octanol–water partition coefficient (Wildman–Crippen LogP) is -0.0750. The van der Waals surface area contributed by atoms with E-state index in [2.05, 4.69) is 19.2 Å². The number of nitrogens with one attached hydrogen (secondary N) is 1. The molecule has 0 spiro atoms. The summed E-state index contributed by atoms with van der Waals surface area (Å²) >= 11 is 0. The van der Waals surface area contributed by atoms with Crippen molar-refractivity contribution >= 4 is 5.91 Å². The Kier molecular flexibility index (Phi) is 5.73. The lowest BCUT2D eigenvalue weighted by atomic mass is 10.0. The Labute approximate surface area is 96.1 Å². The van der Waals surface area contributed by atoms with Gasteiger partial charge in [-0.15, -0.1) is 0 Å². The van der Waals surface area contributed by atoms with Gasteiger partial charge in [0.1, 0.15) is 0 Å². The second-order valence-corrected chi connectivity index (χ2v) is 4.45. The van der Waals surface area contributed by atoms with Gasteiger partial charge in [-0.3, -0.25) is 4.79 Å². The van der Waals surface area contributed by atoms with Crippen LogP contribution in [0.5, 0.6) is 0 Å². The van der Waals surface area contributed by atoms with Gasteiger partial charge in [-0.05, 0) is 12.3 Å². The average molecular weight is 231 g/mol. The van der Waals surface area contributed by atoms with Gasteiger partial charge in [0.15, 0.2) is 6.10 Å². The molecular formula is C11H21NO4. The van der Waals surface area contributed by atoms with E-state index in [1.807, 2.05) is 0 Å². The molecule has 0 radical (unpaired) electrons. The minimum atomic E-state index is -0.532. The zero-order valence-corrected chi connectivity index (χ0v) is 9.94. The molecule has 2 atom stereocenters. The van der Waals surface area contributed by atoms with Crippen molar-refractivity contribution in [3.8, 4) is 0 Å². The maximum atomic E-state index is 11.7. The van der Waals surface area contributed by atoms with Gasteiger partial charge in [-0.25, -0.2) is 0 Å². The molecule has 0 aromatic rings. The van der Waals surface area contributed by atoms with Crippen molar-refractivity contribution in [3.05, 3.63) is 0 Å². The Morgan fingerprint density at radius 1 is 1.50 bits per heavy atom. The number of rotatable bonds is 5. The number of carbonyl (C=O) groups excluding carboxylic acids is 1. The molecule has 0 saturated carbocycles. The molecule has 2 unspecified atom stereocenters. The molecule has 0 aromatic carbocycles. The van der Waals surface area contributed by atoms with Crippen LogP contribution in [-0.4, -0.2) is 49.6 Å². The number of hydrogen-bond donors (Lipinski definition) is 2. The highest BCUT2D eigenvalue weighted by atomic mass is 16.6. The van der Waals surface area contributed by atoms with Gasteiger partial charge in [-0.1, -0.05) is 13.8 Å². The first kappa shape index (κ1) is 13.4. The third-order valence-electron chi connectivity index (χ3n) is 2.43. The summed E-state index contributed by atoms with van der Waals surface area (Å²) in [6.07, 6.45) is 0.227. The van der Waals surface area contributed by atoms with E-state index in [0.717, 1.165) is 6.42 Å². The summed E-state index contributed by atoms with van der Waals surface area (Å²) in [5.41, 5.74) is 0. The van der Waals surface area contributed by atoms with Crippen LogP contribution in [-0.2, 0) is 14.3 Å². The fraction of sp³-hybridized carbons (Fsp3) is 0.909. The molecule has 1 fully saturated rings. The van der Waals surface area contributed by atoms with E-state index in [9.17, 15) is 4.79 Å². The maximum Gasteiger partial charge on any atom is 0.251 e. The first-order valence-electron chi connectivity index (χ1n) is 5.74. The molecule has 16 heavy (non-hydrogen) atoms. The first-order chi connectivity index (χ1) is 7.63. The summed E-state index contributed by atoms with van der Waals surface area (Å²) in [5, 5.41) is 11.9. The molecule has 94 valence electrons. The lowest BCUT2D eigenvalue weighted by molar-refractivity contribution is -0.148. The molecule has 1 saturated heterocycles. The maximum absolute atomic E-state index is 11.7. The van der Waals surface area contributed by atoms with Crippen molar-refractivity contribution in [2.24, 2.45) is 5.92 Å². The lowest BCUT2D eigenvalue weighted by Crippen LogP contribution is -2.48. The van der Waals surface area contributed by atoms with Crippen molar-refractivity contribution in [3.63, 3.8) is 0 Å². The molecule has 0 aliphatic carbocycles. The Morgan fingerprint density at radius 2 is 2.25 bits per heavy atom. The molecule has 1 aliphatic rings. The molecule has 1 amide bonds. The third kappa shape index (κ3) is 4.47. The van der Waals surface area contributed by atoms with Gasteiger partial charge in [0.2, 0.25) is 0 Å². The summed E-state index contributed by atoms with van der Waals surface area (Å²) in [4.78, 5) is 11.7. The van der Waals surface area contributed by atoms with Crippen LogP contribution < -0.4 is 5.32 Å². The minimum Gasteiger partial charge on any atom is -0.394 e. The predicted molar refractivity (Wildman–Crippen MR) is 59.0 cm³/mol. The van der Waals surface area contributed by atoms with E-state index in [0.29, 0.717) is 25.7 Å². The summed E-state index contributed by atoms with van der Waals surface area (Å²) in [7, 11) is 0. The number of aliphatic hydroxyl groups excluding tert-OH is 1. The van der Waals surface area contributed by atoms with E-state index >= 15 is 0 Å². The summed E-state index contributed by atoms with van der Waals surface area (Å²) in [6.45, 7) is 5.35. The summed E-state index contributed by atoms with van der Waals surface area (Å²) in [5.74, 6) is 0.236. The normalized spacial score (nSPS) is 23.1. The van der Waals surface area contributed by atoms with Crippen molar-refractivity contribution in [2.45, 2.75) is 32.4 Å². The molecular weight excluding hydrogens is 210 g/mol. The Balaban J connectivity index is 2.35. The van der Waals surface area contributed by atoms with Crippen LogP contribution in [0.1, 0.15) is 20.3 Å². The van der Waals surface area contributed by atoms with Gasteiger partial charge < -0.3 is 19.9 Å². The number of aliphatic hydroxyl groups is 1. The average Bonchev–Trinajstić information content (AvgIpc) is 2.28. The summed E-state index contributed by atoms with van der Waals surface area (Å²) in [6, 6.07) is -0.196. The van der Waals surface area contributed by atoms with Crippen LogP contribution in [0.25, 0.3) is 0 Å². The zero-order valence-electron chi connectivity index (χ0n) is 9.94. The number of hydrogen-bond acceptors (Lipinski definition) is 4. The molecule has 1 aliphatic heterocycles. The largest absolute Gasteiger partial charge is 0.394 e. The van der Waals surface area contributed by atoms with E-state index in [1.54, 1.807) is 0 Å². The molecule has 0 bridgehead atoms. The Morgan fingerprint density at radius 3 is 2.75 bits per heavy atom. The van der Waals surface area contributed by atoms with Crippen LogP contribution in [0.15, 0.2) is 0 Å². The molecule has 5 nitrogen and oxygen atoms in total. The first-order valence-corrected chi connectivity index (χ1v) is 5.74. The highest BCUT2D eigenvalue weighted by molar-refractivity contribution is 5.81. The van der Waals surface area contributed by atoms with Crippen LogP contribution >= 0.6 is 0 Å². The van der Waals surface area contributed by atoms with Crippen molar-refractivity contribution in [2.75, 3.05) is 26.4 Å². The lowest BCUT2D eigenvalue weighted by Gasteiger charge is -2.25. The van der Waals surface area contributed by atoms with Gasteiger partial charge in [-0.2, -0.15) is 0 Å². The van der Waals surface area contributed by atoms with Gasteiger partial charge in [0.05, 0.1) is 32.5 Å². The van der Waals surface area contributed by atoms with E-state index in [4.69, 9.17) is 14.6 Å². The quantitative estimate of drug-likeness (QED) is 0.695. The van der Waals surface area contributed by atoms with Crippen molar-refractivity contribution < 1.29 is 19.4 Å². The van der Waals surface area contributed by atoms with Crippen LogP contribution in [0, 0.1) is 5.92 Å². The van der Waals surface area contributed by atoms with E-state index in [1.165, 1.54) is 0 Å². The van der Waals surface area contributed by atoms with Gasteiger partial charge >= 0.3 is 0 Å². The molecule has 1 heterocycles. The Hall–Kier alpha value is -0.650. The fourth-order valence-electron chi connectivity index (χ4n) is 1.68. The number of amides is 1. The zero-order chi connectivity index (χ0) is 12.0. The number of carbonyl (C=O) groups is 1. The van der Waals surface area contributed by atoms with Gasteiger partial charge in [0.25, 0.3) is 5.91 Å². The standard InChI is InChI=1S/C11H21NO4/c1-8(2)5-9(6-13)12-11(14)10-7-15-3-4-16-10/h8-10,13H,3-7H2,1-2H3,(H,12,14).